The van der Waals surface area contributed by atoms with E-state index in [2.05, 4.69) is 0 Å². The van der Waals surface area contributed by atoms with E-state index in [0.29, 0.717) is 17.7 Å². The first kappa shape index (κ1) is 15.6. The number of esters is 1. The molecule has 1 aliphatic carbocycles. The Labute approximate surface area is 126 Å². The van der Waals surface area contributed by atoms with Gasteiger partial charge in [0.2, 0.25) is 0 Å². The quantitative estimate of drug-likeness (QED) is 0.640. The molecular weight excluding hydrogens is 264 g/mol. The van der Waals surface area contributed by atoms with Crippen LogP contribution in [0.25, 0.3) is 6.08 Å². The van der Waals surface area contributed by atoms with Gasteiger partial charge in [-0.1, -0.05) is 19.4 Å². The van der Waals surface area contributed by atoms with Crippen LogP contribution in [0.15, 0.2) is 24.0 Å². The molecule has 0 unspecified atom stereocenters. The number of allylic oxidation sites excluding steroid dienone is 1. The first-order valence-electron chi connectivity index (χ1n) is 7.81. The molecule has 21 heavy (non-hydrogen) atoms. The van der Waals surface area contributed by atoms with Crippen molar-refractivity contribution >= 4 is 12.0 Å². The van der Waals surface area contributed by atoms with Gasteiger partial charge in [-0.25, -0.2) is 4.79 Å². The third-order valence-electron chi connectivity index (χ3n) is 4.02. The van der Waals surface area contributed by atoms with Gasteiger partial charge in [-0.15, -0.1) is 0 Å². The molecule has 0 aromatic heterocycles. The predicted molar refractivity (Wildman–Crippen MR) is 84.4 cm³/mol. The van der Waals surface area contributed by atoms with E-state index in [0.717, 1.165) is 36.8 Å². The summed E-state index contributed by atoms with van der Waals surface area (Å²) in [6, 6.07) is 5.46. The zero-order chi connectivity index (χ0) is 15.2. The summed E-state index contributed by atoms with van der Waals surface area (Å²) in [6.45, 7) is 3.84. The van der Waals surface area contributed by atoms with Crippen molar-refractivity contribution in [3.8, 4) is 0 Å². The summed E-state index contributed by atoms with van der Waals surface area (Å²) >= 11 is 0. The molecule has 0 spiro atoms. The molecule has 0 amide bonds. The Morgan fingerprint density at radius 1 is 1.33 bits per heavy atom. The number of carbonyl (C=O) groups is 1. The van der Waals surface area contributed by atoms with Crippen LogP contribution in [0.2, 0.25) is 0 Å². The van der Waals surface area contributed by atoms with Gasteiger partial charge in [-0.3, -0.25) is 0 Å². The molecule has 1 aromatic rings. The van der Waals surface area contributed by atoms with Crippen LogP contribution in [0.5, 0.6) is 0 Å². The van der Waals surface area contributed by atoms with Crippen LogP contribution in [-0.4, -0.2) is 17.2 Å². The Balaban J connectivity index is 2.06. The summed E-state index contributed by atoms with van der Waals surface area (Å²) < 4.78 is 5.57. The number of rotatable bonds is 4. The van der Waals surface area contributed by atoms with E-state index in [4.69, 9.17) is 4.74 Å². The fourth-order valence-electron chi connectivity index (χ4n) is 2.65. The van der Waals surface area contributed by atoms with Gasteiger partial charge < -0.3 is 9.84 Å². The second kappa shape index (κ2) is 7.30. The van der Waals surface area contributed by atoms with Crippen molar-refractivity contribution in [1.29, 1.82) is 0 Å². The second-order valence-electron chi connectivity index (χ2n) is 5.73. The maximum atomic E-state index is 12.2. The first-order valence-corrected chi connectivity index (χ1v) is 7.81. The standard InChI is InChI=1S/C18H24O3/c1-3-16(19)12-14-9-10-15(11-13(14)2)18(20)21-17-7-5-4-6-8-17/h9-12,17,19H,3-8H2,1-2H3/b16-12+. The van der Waals surface area contributed by atoms with Gasteiger partial charge in [0.25, 0.3) is 0 Å². The van der Waals surface area contributed by atoms with Crippen molar-refractivity contribution in [2.75, 3.05) is 0 Å². The third-order valence-corrected chi connectivity index (χ3v) is 4.02. The summed E-state index contributed by atoms with van der Waals surface area (Å²) in [5.41, 5.74) is 2.49. The number of aliphatic hydroxyl groups is 1. The SMILES string of the molecule is CC/C(O)=C\c1ccc(C(=O)OC2CCCCC2)cc1C. The highest BCUT2D eigenvalue weighted by Crippen LogP contribution is 2.22. The Kier molecular flexibility index (Phi) is 5.43. The molecule has 3 nitrogen and oxygen atoms in total. The molecule has 1 fully saturated rings. The van der Waals surface area contributed by atoms with E-state index in [1.54, 1.807) is 12.1 Å². The molecule has 0 bridgehead atoms. The number of hydrogen-bond acceptors (Lipinski definition) is 3. The minimum absolute atomic E-state index is 0.0789. The van der Waals surface area contributed by atoms with Crippen LogP contribution in [-0.2, 0) is 4.74 Å². The lowest BCUT2D eigenvalue weighted by molar-refractivity contribution is 0.0211. The number of benzene rings is 1. The van der Waals surface area contributed by atoms with Gasteiger partial charge in [0.05, 0.1) is 11.3 Å². The van der Waals surface area contributed by atoms with Crippen molar-refractivity contribution in [2.45, 2.75) is 58.5 Å². The summed E-state index contributed by atoms with van der Waals surface area (Å²) in [4.78, 5) is 12.2. The molecule has 0 aliphatic heterocycles. The molecule has 0 heterocycles. The Hall–Kier alpha value is -1.77. The van der Waals surface area contributed by atoms with Crippen molar-refractivity contribution in [3.05, 3.63) is 40.6 Å². The average molecular weight is 288 g/mol. The zero-order valence-electron chi connectivity index (χ0n) is 12.9. The average Bonchev–Trinajstić information content (AvgIpc) is 2.50. The van der Waals surface area contributed by atoms with E-state index >= 15 is 0 Å². The summed E-state index contributed by atoms with van der Waals surface area (Å²) in [7, 11) is 0. The van der Waals surface area contributed by atoms with Crippen LogP contribution in [0.4, 0.5) is 0 Å². The molecule has 1 N–H and O–H groups in total. The third kappa shape index (κ3) is 4.35. The lowest BCUT2D eigenvalue weighted by atomic mass is 9.97. The van der Waals surface area contributed by atoms with E-state index < -0.39 is 0 Å². The fraction of sp³-hybridized carbons (Fsp3) is 0.500. The highest BCUT2D eigenvalue weighted by Gasteiger charge is 2.18. The molecule has 114 valence electrons. The lowest BCUT2D eigenvalue weighted by Gasteiger charge is -2.21. The monoisotopic (exact) mass is 288 g/mol. The van der Waals surface area contributed by atoms with Gasteiger partial charge in [0, 0.05) is 6.42 Å². The van der Waals surface area contributed by atoms with Crippen molar-refractivity contribution in [1.82, 2.24) is 0 Å². The Bertz CT molecular complexity index is 525. The van der Waals surface area contributed by atoms with Crippen LogP contribution in [0.1, 0.15) is 66.9 Å². The molecule has 0 saturated heterocycles. The number of aliphatic hydroxyl groups excluding tert-OH is 1. The maximum Gasteiger partial charge on any atom is 0.338 e. The summed E-state index contributed by atoms with van der Waals surface area (Å²) in [5, 5.41) is 9.60. The van der Waals surface area contributed by atoms with Crippen LogP contribution >= 0.6 is 0 Å². The summed E-state index contributed by atoms with van der Waals surface area (Å²) in [6.07, 6.45) is 7.93. The van der Waals surface area contributed by atoms with E-state index in [1.807, 2.05) is 26.0 Å². The smallest absolute Gasteiger partial charge is 0.338 e. The second-order valence-corrected chi connectivity index (χ2v) is 5.73. The molecule has 1 aromatic carbocycles. The van der Waals surface area contributed by atoms with Gasteiger partial charge in [-0.05, 0) is 61.9 Å². The highest BCUT2D eigenvalue weighted by molar-refractivity contribution is 5.90. The normalized spacial score (nSPS) is 16.8. The van der Waals surface area contributed by atoms with E-state index in [1.165, 1.54) is 6.42 Å². The van der Waals surface area contributed by atoms with Crippen LogP contribution in [0, 0.1) is 6.92 Å². The molecular formula is C18H24O3. The summed E-state index contributed by atoms with van der Waals surface area (Å²) in [5.74, 6) is 0.107. The molecule has 0 radical (unpaired) electrons. The molecule has 2 rings (SSSR count). The van der Waals surface area contributed by atoms with Crippen molar-refractivity contribution < 1.29 is 14.6 Å². The Morgan fingerprint density at radius 2 is 2.05 bits per heavy atom. The first-order chi connectivity index (χ1) is 10.1. The van der Waals surface area contributed by atoms with Crippen molar-refractivity contribution in [2.24, 2.45) is 0 Å². The van der Waals surface area contributed by atoms with Crippen LogP contribution in [0.3, 0.4) is 0 Å². The predicted octanol–water partition coefficient (Wildman–Crippen LogP) is 4.79. The molecule has 1 saturated carbocycles. The van der Waals surface area contributed by atoms with Gasteiger partial charge in [0.15, 0.2) is 0 Å². The lowest BCUT2D eigenvalue weighted by Crippen LogP contribution is -2.21. The number of ether oxygens (including phenoxy) is 1. The zero-order valence-corrected chi connectivity index (χ0v) is 12.9. The number of aryl methyl sites for hydroxylation is 1. The minimum atomic E-state index is -0.236. The maximum absolute atomic E-state index is 12.2. The van der Waals surface area contributed by atoms with Gasteiger partial charge in [-0.2, -0.15) is 0 Å². The van der Waals surface area contributed by atoms with Crippen LogP contribution < -0.4 is 0 Å². The fourth-order valence-corrected chi connectivity index (χ4v) is 2.65. The number of hydrogen-bond donors (Lipinski definition) is 1. The van der Waals surface area contributed by atoms with Gasteiger partial charge >= 0.3 is 5.97 Å². The van der Waals surface area contributed by atoms with Crippen molar-refractivity contribution in [3.63, 3.8) is 0 Å². The molecule has 1 aliphatic rings. The number of carbonyl (C=O) groups excluding carboxylic acids is 1. The topological polar surface area (TPSA) is 46.5 Å². The van der Waals surface area contributed by atoms with E-state index in [-0.39, 0.29) is 12.1 Å². The largest absolute Gasteiger partial charge is 0.512 e. The molecule has 3 heteroatoms. The van der Waals surface area contributed by atoms with Gasteiger partial charge in [0.1, 0.15) is 6.10 Å². The highest BCUT2D eigenvalue weighted by atomic mass is 16.5. The minimum Gasteiger partial charge on any atom is -0.512 e. The van der Waals surface area contributed by atoms with E-state index in [9.17, 15) is 9.90 Å². The Morgan fingerprint density at radius 3 is 2.67 bits per heavy atom. The molecule has 0 atom stereocenters.